The highest BCUT2D eigenvalue weighted by molar-refractivity contribution is 5.80. The number of morpholine rings is 1. The van der Waals surface area contributed by atoms with Gasteiger partial charge in [0.05, 0.1) is 26.4 Å². The van der Waals surface area contributed by atoms with E-state index in [1.807, 2.05) is 12.1 Å². The minimum atomic E-state index is 0.583. The highest BCUT2D eigenvalue weighted by Crippen LogP contribution is 2.20. The topological polar surface area (TPSA) is 58.6 Å². The van der Waals surface area contributed by atoms with Crippen LogP contribution in [-0.2, 0) is 16.0 Å². The van der Waals surface area contributed by atoms with E-state index in [0.717, 1.165) is 82.8 Å². The Morgan fingerprint density at radius 3 is 2.86 bits per heavy atom. The number of hydrogen-bond acceptors (Lipinski definition) is 5. The zero-order chi connectivity index (χ0) is 20.3. The van der Waals surface area contributed by atoms with Gasteiger partial charge in [-0.1, -0.05) is 18.2 Å². The molecule has 0 amide bonds. The second-order valence-electron chi connectivity index (χ2n) is 7.64. The third-order valence-corrected chi connectivity index (χ3v) is 5.46. The maximum atomic E-state index is 6.10. The van der Waals surface area contributed by atoms with Crippen LogP contribution < -0.4 is 10.1 Å². The van der Waals surface area contributed by atoms with Crippen molar-refractivity contribution in [1.29, 1.82) is 0 Å². The van der Waals surface area contributed by atoms with Crippen LogP contribution >= 0.6 is 0 Å². The number of methoxy groups -OCH3 is 1. The molecule has 2 aliphatic heterocycles. The fourth-order valence-electron chi connectivity index (χ4n) is 3.87. The molecule has 2 heterocycles. The summed E-state index contributed by atoms with van der Waals surface area (Å²) in [5.74, 6) is 2.49. The number of para-hydroxylation sites is 1. The van der Waals surface area contributed by atoms with E-state index in [0.29, 0.717) is 19.1 Å². The van der Waals surface area contributed by atoms with Crippen LogP contribution in [0, 0.1) is 5.92 Å². The Bertz CT molecular complexity index is 634. The lowest BCUT2D eigenvalue weighted by atomic mass is 10.1. The predicted octanol–water partition coefficient (Wildman–Crippen LogP) is 1.83. The summed E-state index contributed by atoms with van der Waals surface area (Å²) in [6, 6.07) is 8.23. The molecule has 1 N–H and O–H groups in total. The average Bonchev–Trinajstić information content (AvgIpc) is 3.21. The molecule has 0 aliphatic carbocycles. The first kappa shape index (κ1) is 21.9. The maximum Gasteiger partial charge on any atom is 0.194 e. The van der Waals surface area contributed by atoms with Gasteiger partial charge >= 0.3 is 0 Å². The third-order valence-electron chi connectivity index (χ3n) is 5.46. The number of likely N-dealkylation sites (tertiary alicyclic amines) is 1. The van der Waals surface area contributed by atoms with Crippen molar-refractivity contribution < 1.29 is 14.2 Å². The molecule has 162 valence electrons. The van der Waals surface area contributed by atoms with E-state index in [9.17, 15) is 0 Å². The molecule has 1 unspecified atom stereocenters. The normalized spacial score (nSPS) is 20.8. The van der Waals surface area contributed by atoms with Crippen LogP contribution in [0.4, 0.5) is 0 Å². The third kappa shape index (κ3) is 6.87. The summed E-state index contributed by atoms with van der Waals surface area (Å²) in [4.78, 5) is 9.63. The fourth-order valence-corrected chi connectivity index (χ4v) is 3.87. The molecule has 0 radical (unpaired) electrons. The van der Waals surface area contributed by atoms with Crippen molar-refractivity contribution in [3.05, 3.63) is 29.8 Å². The molecule has 1 aromatic carbocycles. The summed E-state index contributed by atoms with van der Waals surface area (Å²) in [6.45, 7) is 11.7. The number of rotatable bonds is 9. The lowest BCUT2D eigenvalue weighted by Crippen LogP contribution is -2.40. The van der Waals surface area contributed by atoms with E-state index in [4.69, 9.17) is 19.2 Å². The molecular weight excluding hydrogens is 368 g/mol. The molecule has 0 spiro atoms. The molecule has 29 heavy (non-hydrogen) atoms. The van der Waals surface area contributed by atoms with Gasteiger partial charge in [0, 0.05) is 57.9 Å². The fraction of sp³-hybridized carbons (Fsp3) is 0.682. The van der Waals surface area contributed by atoms with Gasteiger partial charge in [-0.15, -0.1) is 0 Å². The van der Waals surface area contributed by atoms with Crippen LogP contribution in [0.1, 0.15) is 18.9 Å². The first-order valence-electron chi connectivity index (χ1n) is 10.8. The van der Waals surface area contributed by atoms with Crippen molar-refractivity contribution in [3.63, 3.8) is 0 Å². The number of nitrogens with one attached hydrogen (secondary N) is 1. The van der Waals surface area contributed by atoms with Gasteiger partial charge in [-0.2, -0.15) is 0 Å². The number of ether oxygens (including phenoxy) is 3. The van der Waals surface area contributed by atoms with E-state index in [1.54, 1.807) is 7.11 Å². The van der Waals surface area contributed by atoms with Crippen LogP contribution in [0.15, 0.2) is 29.3 Å². The molecule has 0 aromatic heterocycles. The predicted molar refractivity (Wildman–Crippen MR) is 116 cm³/mol. The van der Waals surface area contributed by atoms with Crippen LogP contribution in [-0.4, -0.2) is 88.6 Å². The number of benzene rings is 1. The zero-order valence-electron chi connectivity index (χ0n) is 17.9. The molecule has 1 aromatic rings. The zero-order valence-corrected chi connectivity index (χ0v) is 17.9. The van der Waals surface area contributed by atoms with E-state index in [2.05, 4.69) is 34.2 Å². The number of nitrogens with zero attached hydrogens (tertiary/aromatic N) is 3. The number of hydrogen-bond donors (Lipinski definition) is 1. The molecule has 1 atom stereocenters. The second kappa shape index (κ2) is 12.0. The Morgan fingerprint density at radius 2 is 2.07 bits per heavy atom. The molecular formula is C22H36N4O3. The van der Waals surface area contributed by atoms with Crippen LogP contribution in [0.5, 0.6) is 5.75 Å². The van der Waals surface area contributed by atoms with Crippen molar-refractivity contribution in [2.75, 3.05) is 72.8 Å². The van der Waals surface area contributed by atoms with Gasteiger partial charge in [-0.3, -0.25) is 4.90 Å². The second-order valence-corrected chi connectivity index (χ2v) is 7.64. The molecule has 3 rings (SSSR count). The van der Waals surface area contributed by atoms with Gasteiger partial charge in [0.1, 0.15) is 12.4 Å². The van der Waals surface area contributed by atoms with E-state index in [1.165, 1.54) is 0 Å². The Kier molecular flexibility index (Phi) is 9.05. The summed E-state index contributed by atoms with van der Waals surface area (Å²) < 4.78 is 16.8. The van der Waals surface area contributed by atoms with Crippen LogP contribution in [0.25, 0.3) is 0 Å². The monoisotopic (exact) mass is 404 g/mol. The Labute approximate surface area is 175 Å². The smallest absolute Gasteiger partial charge is 0.194 e. The van der Waals surface area contributed by atoms with Gasteiger partial charge in [-0.25, -0.2) is 4.99 Å². The Morgan fingerprint density at radius 1 is 1.24 bits per heavy atom. The first-order chi connectivity index (χ1) is 14.3. The lowest BCUT2D eigenvalue weighted by Gasteiger charge is -2.26. The van der Waals surface area contributed by atoms with Crippen molar-refractivity contribution in [2.24, 2.45) is 10.9 Å². The molecule has 0 saturated carbocycles. The van der Waals surface area contributed by atoms with Crippen molar-refractivity contribution >= 4 is 5.96 Å². The standard InChI is InChI=1S/C22H36N4O3/c1-3-23-22(26-9-8-19(17-26)18-27-2)24-16-20-6-4-5-7-21(20)29-15-12-25-10-13-28-14-11-25/h4-7,19H,3,8-18H2,1-2H3,(H,23,24). The molecule has 7 nitrogen and oxygen atoms in total. The van der Waals surface area contributed by atoms with Gasteiger partial charge in [0.15, 0.2) is 5.96 Å². The summed E-state index contributed by atoms with van der Waals surface area (Å²) in [6.07, 6.45) is 1.15. The molecule has 2 saturated heterocycles. The first-order valence-corrected chi connectivity index (χ1v) is 10.8. The van der Waals surface area contributed by atoms with Crippen molar-refractivity contribution in [2.45, 2.75) is 19.9 Å². The summed E-state index contributed by atoms with van der Waals surface area (Å²) in [5.41, 5.74) is 1.12. The number of guanidine groups is 1. The molecule has 0 bridgehead atoms. The van der Waals surface area contributed by atoms with Gasteiger partial charge in [0.2, 0.25) is 0 Å². The largest absolute Gasteiger partial charge is 0.492 e. The summed E-state index contributed by atoms with van der Waals surface area (Å²) >= 11 is 0. The quantitative estimate of drug-likeness (QED) is 0.501. The van der Waals surface area contributed by atoms with E-state index >= 15 is 0 Å². The SMILES string of the molecule is CCNC(=NCc1ccccc1OCCN1CCOCC1)N1CCC(COC)C1. The van der Waals surface area contributed by atoms with E-state index in [-0.39, 0.29) is 0 Å². The van der Waals surface area contributed by atoms with Crippen molar-refractivity contribution in [3.8, 4) is 5.75 Å². The highest BCUT2D eigenvalue weighted by Gasteiger charge is 2.24. The van der Waals surface area contributed by atoms with E-state index < -0.39 is 0 Å². The lowest BCUT2D eigenvalue weighted by molar-refractivity contribution is 0.0322. The van der Waals surface area contributed by atoms with Crippen molar-refractivity contribution in [1.82, 2.24) is 15.1 Å². The Hall–Kier alpha value is -1.83. The minimum absolute atomic E-state index is 0.583. The highest BCUT2D eigenvalue weighted by atomic mass is 16.5. The van der Waals surface area contributed by atoms with Crippen LogP contribution in [0.2, 0.25) is 0 Å². The average molecular weight is 405 g/mol. The minimum Gasteiger partial charge on any atom is -0.492 e. The maximum absolute atomic E-state index is 6.10. The molecule has 7 heteroatoms. The van der Waals surface area contributed by atoms with Gasteiger partial charge < -0.3 is 24.4 Å². The number of aliphatic imine (C=N–C) groups is 1. The summed E-state index contributed by atoms with van der Waals surface area (Å²) in [5, 5.41) is 3.44. The molecule has 2 aliphatic rings. The van der Waals surface area contributed by atoms with Gasteiger partial charge in [0.25, 0.3) is 0 Å². The van der Waals surface area contributed by atoms with Crippen LogP contribution in [0.3, 0.4) is 0 Å². The summed E-state index contributed by atoms with van der Waals surface area (Å²) in [7, 11) is 1.78. The molecule has 2 fully saturated rings. The Balaban J connectivity index is 1.56. The van der Waals surface area contributed by atoms with Gasteiger partial charge in [-0.05, 0) is 19.4 Å².